The van der Waals surface area contributed by atoms with Gasteiger partial charge in [0.1, 0.15) is 6.20 Å². The minimum Gasteiger partial charge on any atom is -0.398 e. The zero-order chi connectivity index (χ0) is 9.10. The van der Waals surface area contributed by atoms with E-state index in [2.05, 4.69) is 11.3 Å². The second kappa shape index (κ2) is 3.31. The Kier molecular flexibility index (Phi) is 2.00. The standard InChI is InChI=1S/C10H10N3/c11-10-5-2-1-4-9(10)8-13-7-3-6-12-13/h1-5,7H,8,11H2. The highest BCUT2D eigenvalue weighted by molar-refractivity contribution is 5.46. The van der Waals surface area contributed by atoms with E-state index in [9.17, 15) is 0 Å². The van der Waals surface area contributed by atoms with Gasteiger partial charge in [0.15, 0.2) is 0 Å². The first kappa shape index (κ1) is 7.86. The zero-order valence-electron chi connectivity index (χ0n) is 7.14. The lowest BCUT2D eigenvalue weighted by Gasteiger charge is -2.04. The van der Waals surface area contributed by atoms with Crippen LogP contribution in [-0.4, -0.2) is 9.78 Å². The van der Waals surface area contributed by atoms with Gasteiger partial charge < -0.3 is 5.73 Å². The van der Waals surface area contributed by atoms with Gasteiger partial charge >= 0.3 is 0 Å². The molecule has 0 atom stereocenters. The van der Waals surface area contributed by atoms with Crippen molar-refractivity contribution in [2.24, 2.45) is 0 Å². The maximum absolute atomic E-state index is 5.79. The summed E-state index contributed by atoms with van der Waals surface area (Å²) in [7, 11) is 0. The SMILES string of the molecule is Nc1ccccc1Cn1cc[c]n1. The molecule has 0 saturated carbocycles. The Hall–Kier alpha value is -1.77. The lowest BCUT2D eigenvalue weighted by molar-refractivity contribution is 0.686. The highest BCUT2D eigenvalue weighted by Gasteiger charge is 1.97. The van der Waals surface area contributed by atoms with Crippen LogP contribution in [0.3, 0.4) is 0 Å². The summed E-state index contributed by atoms with van der Waals surface area (Å²) >= 11 is 0. The van der Waals surface area contributed by atoms with Crippen molar-refractivity contribution in [3.05, 3.63) is 48.3 Å². The molecule has 13 heavy (non-hydrogen) atoms. The number of hydrogen-bond donors (Lipinski definition) is 1. The van der Waals surface area contributed by atoms with Gasteiger partial charge in [-0.2, -0.15) is 5.10 Å². The molecule has 0 bridgehead atoms. The van der Waals surface area contributed by atoms with Gasteiger partial charge in [0.25, 0.3) is 0 Å². The maximum atomic E-state index is 5.79. The van der Waals surface area contributed by atoms with Crippen LogP contribution < -0.4 is 5.73 Å². The molecular weight excluding hydrogens is 162 g/mol. The fourth-order valence-electron chi connectivity index (χ4n) is 1.20. The zero-order valence-corrected chi connectivity index (χ0v) is 7.14. The number of nitrogens with zero attached hydrogens (tertiary/aromatic N) is 2. The van der Waals surface area contributed by atoms with Crippen LogP contribution in [0.15, 0.2) is 36.5 Å². The molecular formula is C10H10N3. The van der Waals surface area contributed by atoms with Crippen molar-refractivity contribution in [2.75, 3.05) is 5.73 Å². The fourth-order valence-corrected chi connectivity index (χ4v) is 1.20. The number of nitrogen functional groups attached to an aromatic ring is 1. The molecule has 0 amide bonds. The van der Waals surface area contributed by atoms with Crippen LogP contribution in [-0.2, 0) is 6.54 Å². The van der Waals surface area contributed by atoms with Crippen molar-refractivity contribution in [1.29, 1.82) is 0 Å². The van der Waals surface area contributed by atoms with Gasteiger partial charge in [-0.25, -0.2) is 0 Å². The predicted octanol–water partition coefficient (Wildman–Crippen LogP) is 1.31. The second-order valence-corrected chi connectivity index (χ2v) is 2.84. The molecule has 2 aromatic rings. The molecule has 0 aliphatic carbocycles. The predicted molar refractivity (Wildman–Crippen MR) is 51.0 cm³/mol. The summed E-state index contributed by atoms with van der Waals surface area (Å²) in [6.45, 7) is 0.705. The summed E-state index contributed by atoms with van der Waals surface area (Å²) in [5.74, 6) is 0. The molecule has 3 heteroatoms. The summed E-state index contributed by atoms with van der Waals surface area (Å²) in [6, 6.07) is 9.56. The molecule has 0 spiro atoms. The second-order valence-electron chi connectivity index (χ2n) is 2.84. The number of nitrogens with two attached hydrogens (primary N) is 1. The molecule has 2 rings (SSSR count). The number of benzene rings is 1. The molecule has 0 aliphatic heterocycles. The molecule has 1 aromatic carbocycles. The van der Waals surface area contributed by atoms with Crippen LogP contribution in [0.5, 0.6) is 0 Å². The summed E-state index contributed by atoms with van der Waals surface area (Å²) in [4.78, 5) is 0. The average Bonchev–Trinajstić information content (AvgIpc) is 2.61. The minimum atomic E-state index is 0.705. The van der Waals surface area contributed by atoms with Gasteiger partial charge in [0, 0.05) is 11.9 Å². The first-order chi connectivity index (χ1) is 6.36. The Bertz CT molecular complexity index is 379. The van der Waals surface area contributed by atoms with Gasteiger partial charge in [0.05, 0.1) is 6.54 Å². The molecule has 0 aliphatic rings. The van der Waals surface area contributed by atoms with Crippen LogP contribution in [0.4, 0.5) is 5.69 Å². The van der Waals surface area contributed by atoms with Crippen molar-refractivity contribution < 1.29 is 0 Å². The van der Waals surface area contributed by atoms with Crippen LogP contribution in [0, 0.1) is 6.20 Å². The Morgan fingerprint density at radius 3 is 2.92 bits per heavy atom. The van der Waals surface area contributed by atoms with Crippen molar-refractivity contribution in [3.8, 4) is 0 Å². The fraction of sp³-hybridized carbons (Fsp3) is 0.100. The van der Waals surface area contributed by atoms with E-state index >= 15 is 0 Å². The molecule has 1 heterocycles. The van der Waals surface area contributed by atoms with E-state index in [0.717, 1.165) is 11.3 Å². The van der Waals surface area contributed by atoms with Crippen molar-refractivity contribution in [1.82, 2.24) is 9.78 Å². The van der Waals surface area contributed by atoms with E-state index in [1.807, 2.05) is 30.5 Å². The van der Waals surface area contributed by atoms with Crippen LogP contribution in [0.25, 0.3) is 0 Å². The van der Waals surface area contributed by atoms with Crippen LogP contribution >= 0.6 is 0 Å². The van der Waals surface area contributed by atoms with E-state index in [0.29, 0.717) is 6.54 Å². The topological polar surface area (TPSA) is 43.8 Å². The highest BCUT2D eigenvalue weighted by atomic mass is 15.3. The summed E-state index contributed by atoms with van der Waals surface area (Å²) < 4.78 is 1.80. The molecule has 0 saturated heterocycles. The first-order valence-corrected chi connectivity index (χ1v) is 4.09. The van der Waals surface area contributed by atoms with Gasteiger partial charge in [-0.1, -0.05) is 18.2 Å². The van der Waals surface area contributed by atoms with E-state index in [1.54, 1.807) is 10.7 Å². The molecule has 3 nitrogen and oxygen atoms in total. The molecule has 1 aromatic heterocycles. The van der Waals surface area contributed by atoms with Crippen LogP contribution in [0.1, 0.15) is 5.56 Å². The van der Waals surface area contributed by atoms with E-state index in [4.69, 9.17) is 5.73 Å². The number of hydrogen-bond acceptors (Lipinski definition) is 2. The Labute approximate surface area is 76.8 Å². The summed E-state index contributed by atoms with van der Waals surface area (Å²) in [5, 5.41) is 3.99. The third-order valence-corrected chi connectivity index (χ3v) is 1.89. The van der Waals surface area contributed by atoms with Crippen molar-refractivity contribution in [3.63, 3.8) is 0 Å². The molecule has 65 valence electrons. The smallest absolute Gasteiger partial charge is 0.113 e. The number of aromatic nitrogens is 2. The third kappa shape index (κ3) is 1.69. The molecule has 0 fully saturated rings. The average molecular weight is 172 g/mol. The normalized spacial score (nSPS) is 10.2. The monoisotopic (exact) mass is 172 g/mol. The molecule has 0 unspecified atom stereocenters. The number of anilines is 1. The Balaban J connectivity index is 2.24. The summed E-state index contributed by atoms with van der Waals surface area (Å²) in [6.07, 6.45) is 4.61. The van der Waals surface area contributed by atoms with Gasteiger partial charge in [-0.3, -0.25) is 4.68 Å². The Morgan fingerprint density at radius 1 is 1.38 bits per heavy atom. The lowest BCUT2D eigenvalue weighted by atomic mass is 10.2. The van der Waals surface area contributed by atoms with Gasteiger partial charge in [0.2, 0.25) is 0 Å². The summed E-state index contributed by atoms with van der Waals surface area (Å²) in [5.41, 5.74) is 7.67. The van der Waals surface area contributed by atoms with E-state index in [-0.39, 0.29) is 0 Å². The van der Waals surface area contributed by atoms with Crippen molar-refractivity contribution >= 4 is 5.69 Å². The third-order valence-electron chi connectivity index (χ3n) is 1.89. The van der Waals surface area contributed by atoms with E-state index < -0.39 is 0 Å². The van der Waals surface area contributed by atoms with Crippen LogP contribution in [0.2, 0.25) is 0 Å². The Morgan fingerprint density at radius 2 is 2.23 bits per heavy atom. The first-order valence-electron chi connectivity index (χ1n) is 4.09. The highest BCUT2D eigenvalue weighted by Crippen LogP contribution is 2.11. The number of rotatable bonds is 2. The molecule has 1 radical (unpaired) electrons. The van der Waals surface area contributed by atoms with Crippen molar-refractivity contribution in [2.45, 2.75) is 6.54 Å². The lowest BCUT2D eigenvalue weighted by Crippen LogP contribution is -2.02. The quantitative estimate of drug-likeness (QED) is 0.694. The van der Waals surface area contributed by atoms with Gasteiger partial charge in [-0.05, 0) is 17.7 Å². The minimum absolute atomic E-state index is 0.705. The molecule has 2 N–H and O–H groups in total. The maximum Gasteiger partial charge on any atom is 0.113 e. The largest absolute Gasteiger partial charge is 0.398 e. The van der Waals surface area contributed by atoms with E-state index in [1.165, 1.54) is 0 Å². The van der Waals surface area contributed by atoms with Gasteiger partial charge in [-0.15, -0.1) is 0 Å². The number of para-hydroxylation sites is 1.